The van der Waals surface area contributed by atoms with E-state index in [0.717, 1.165) is 12.1 Å². The fraction of sp³-hybridized carbons (Fsp3) is 0.333. The molecule has 5 nitrogen and oxygen atoms in total. The molecule has 102 valence electrons. The molecule has 0 spiro atoms. The van der Waals surface area contributed by atoms with Gasteiger partial charge in [0.2, 0.25) is 0 Å². The third-order valence-electron chi connectivity index (χ3n) is 2.98. The number of carboxylic acids is 1. The Balaban J connectivity index is 2.33. The molecular formula is C12H11F2NO4. The van der Waals surface area contributed by atoms with E-state index in [4.69, 9.17) is 9.94 Å². The monoisotopic (exact) mass is 271 g/mol. The lowest BCUT2D eigenvalue weighted by Gasteiger charge is -2.24. The molecule has 1 aromatic carbocycles. The van der Waals surface area contributed by atoms with Crippen molar-refractivity contribution in [1.29, 1.82) is 0 Å². The van der Waals surface area contributed by atoms with Gasteiger partial charge in [-0.2, -0.15) is 0 Å². The number of nitrogens with zero attached hydrogens (tertiary/aromatic N) is 1. The molecule has 1 unspecified atom stereocenters. The molecule has 1 heterocycles. The van der Waals surface area contributed by atoms with E-state index in [1.54, 1.807) is 0 Å². The maximum Gasteiger partial charge on any atom is 0.354 e. The molecule has 0 bridgehead atoms. The first-order valence-electron chi connectivity index (χ1n) is 5.48. The second-order valence-corrected chi connectivity index (χ2v) is 4.33. The van der Waals surface area contributed by atoms with E-state index in [-0.39, 0.29) is 17.7 Å². The lowest BCUT2D eigenvalue weighted by molar-refractivity contribution is -0.176. The predicted octanol–water partition coefficient (Wildman–Crippen LogP) is 1.29. The lowest BCUT2D eigenvalue weighted by Crippen LogP contribution is -2.48. The van der Waals surface area contributed by atoms with Gasteiger partial charge >= 0.3 is 5.97 Å². The van der Waals surface area contributed by atoms with Gasteiger partial charge in [0.25, 0.3) is 5.60 Å². The summed E-state index contributed by atoms with van der Waals surface area (Å²) in [6.07, 6.45) is -1.60. The van der Waals surface area contributed by atoms with Crippen LogP contribution in [0.5, 0.6) is 0 Å². The summed E-state index contributed by atoms with van der Waals surface area (Å²) in [4.78, 5) is 16.0. The number of benzene rings is 1. The number of aliphatic hydroxyl groups is 1. The second kappa shape index (κ2) is 4.58. The van der Waals surface area contributed by atoms with Gasteiger partial charge in [0, 0.05) is 11.6 Å². The molecule has 19 heavy (non-hydrogen) atoms. The Hall–Kier alpha value is -2.02. The molecule has 7 heteroatoms. The van der Waals surface area contributed by atoms with Gasteiger partial charge in [-0.3, -0.25) is 0 Å². The van der Waals surface area contributed by atoms with E-state index in [9.17, 15) is 18.7 Å². The topological polar surface area (TPSA) is 79.1 Å². The number of carboxylic acid groups (broad SMARTS) is 1. The van der Waals surface area contributed by atoms with Crippen LogP contribution in [0.3, 0.4) is 0 Å². The van der Waals surface area contributed by atoms with Crippen LogP contribution in [0.15, 0.2) is 23.4 Å². The molecule has 0 aromatic heterocycles. The van der Waals surface area contributed by atoms with E-state index in [2.05, 4.69) is 5.16 Å². The third-order valence-corrected chi connectivity index (χ3v) is 2.98. The Morgan fingerprint density at radius 2 is 2.00 bits per heavy atom. The van der Waals surface area contributed by atoms with Gasteiger partial charge < -0.3 is 15.1 Å². The van der Waals surface area contributed by atoms with E-state index >= 15 is 0 Å². The first-order chi connectivity index (χ1) is 8.85. The maximum atomic E-state index is 13.1. The first kappa shape index (κ1) is 13.4. The highest BCUT2D eigenvalue weighted by molar-refractivity contribution is 6.04. The van der Waals surface area contributed by atoms with Crippen LogP contribution in [0.4, 0.5) is 8.78 Å². The summed E-state index contributed by atoms with van der Waals surface area (Å²) < 4.78 is 26.2. The fourth-order valence-corrected chi connectivity index (χ4v) is 1.84. The molecule has 2 rings (SSSR count). The van der Waals surface area contributed by atoms with Crippen LogP contribution in [0, 0.1) is 11.6 Å². The molecule has 0 saturated heterocycles. The van der Waals surface area contributed by atoms with Gasteiger partial charge in [-0.15, -0.1) is 0 Å². The number of oxime groups is 1. The molecule has 2 N–H and O–H groups in total. The third kappa shape index (κ3) is 2.28. The molecule has 0 aliphatic carbocycles. The number of aliphatic hydroxyl groups excluding tert-OH is 1. The predicted molar refractivity (Wildman–Crippen MR) is 60.6 cm³/mol. The van der Waals surface area contributed by atoms with Crippen LogP contribution in [-0.2, 0) is 9.63 Å². The number of rotatable bonds is 3. The van der Waals surface area contributed by atoms with E-state index in [1.165, 1.54) is 6.92 Å². The maximum absolute atomic E-state index is 13.1. The van der Waals surface area contributed by atoms with Crippen molar-refractivity contribution in [2.75, 3.05) is 0 Å². The Bertz CT molecular complexity index is 538. The average Bonchev–Trinajstić information content (AvgIpc) is 2.73. The minimum Gasteiger partial charge on any atom is -0.478 e. The smallest absolute Gasteiger partial charge is 0.354 e. The van der Waals surface area contributed by atoms with Crippen LogP contribution >= 0.6 is 0 Å². The van der Waals surface area contributed by atoms with Gasteiger partial charge in [-0.1, -0.05) is 5.16 Å². The van der Waals surface area contributed by atoms with E-state index in [0.29, 0.717) is 6.07 Å². The van der Waals surface area contributed by atoms with Crippen molar-refractivity contribution in [3.8, 4) is 0 Å². The van der Waals surface area contributed by atoms with Crippen molar-refractivity contribution < 1.29 is 28.6 Å². The molecule has 1 aliphatic rings. The van der Waals surface area contributed by atoms with Crippen molar-refractivity contribution in [3.05, 3.63) is 35.4 Å². The minimum atomic E-state index is -1.92. The summed E-state index contributed by atoms with van der Waals surface area (Å²) in [6, 6.07) is 2.73. The number of aliphatic carboxylic acids is 1. The molecule has 2 atom stereocenters. The van der Waals surface area contributed by atoms with E-state index in [1.807, 2.05) is 0 Å². The molecule has 1 aliphatic heterocycles. The van der Waals surface area contributed by atoms with Gasteiger partial charge in [0.05, 0.1) is 12.1 Å². The van der Waals surface area contributed by atoms with Crippen LogP contribution in [0.1, 0.15) is 18.9 Å². The Morgan fingerprint density at radius 1 is 1.42 bits per heavy atom. The van der Waals surface area contributed by atoms with Crippen LogP contribution in [-0.4, -0.2) is 33.6 Å². The van der Waals surface area contributed by atoms with Gasteiger partial charge in [-0.25, -0.2) is 13.6 Å². The van der Waals surface area contributed by atoms with Crippen molar-refractivity contribution in [3.63, 3.8) is 0 Å². The average molecular weight is 271 g/mol. The Morgan fingerprint density at radius 3 is 2.42 bits per heavy atom. The highest BCUT2D eigenvalue weighted by atomic mass is 19.1. The summed E-state index contributed by atoms with van der Waals surface area (Å²) >= 11 is 0. The number of hydrogen-bond donors (Lipinski definition) is 2. The molecule has 0 radical (unpaired) electrons. The van der Waals surface area contributed by atoms with Gasteiger partial charge in [0.15, 0.2) is 0 Å². The molecule has 0 fully saturated rings. The normalized spacial score (nSPS) is 23.7. The Kier molecular flexibility index (Phi) is 3.23. The van der Waals surface area contributed by atoms with Crippen molar-refractivity contribution in [2.24, 2.45) is 5.16 Å². The summed E-state index contributed by atoms with van der Waals surface area (Å²) in [7, 11) is 0. The SMILES string of the molecule is CC(O)[C@]1(C(=O)O)CC(c2cc(F)cc(F)c2)=NO1. The van der Waals surface area contributed by atoms with Crippen LogP contribution in [0.25, 0.3) is 0 Å². The number of carbonyl (C=O) groups is 1. The van der Waals surface area contributed by atoms with Gasteiger partial charge in [0.1, 0.15) is 17.7 Å². The van der Waals surface area contributed by atoms with E-state index < -0.39 is 29.3 Å². The quantitative estimate of drug-likeness (QED) is 0.868. The summed E-state index contributed by atoms with van der Waals surface area (Å²) in [6.45, 7) is 1.25. The number of halogens is 2. The Labute approximate surface area is 107 Å². The van der Waals surface area contributed by atoms with Gasteiger partial charge in [-0.05, 0) is 19.1 Å². The zero-order valence-corrected chi connectivity index (χ0v) is 9.93. The summed E-state index contributed by atoms with van der Waals surface area (Å²) in [5.41, 5.74) is -1.76. The lowest BCUT2D eigenvalue weighted by atomic mass is 9.90. The molecular weight excluding hydrogens is 260 g/mol. The van der Waals surface area contributed by atoms with Crippen LogP contribution < -0.4 is 0 Å². The second-order valence-electron chi connectivity index (χ2n) is 4.33. The van der Waals surface area contributed by atoms with Crippen molar-refractivity contribution in [2.45, 2.75) is 25.0 Å². The van der Waals surface area contributed by atoms with Crippen LogP contribution in [0.2, 0.25) is 0 Å². The zero-order valence-electron chi connectivity index (χ0n) is 9.93. The molecule has 1 aromatic rings. The van der Waals surface area contributed by atoms with Crippen molar-refractivity contribution >= 4 is 11.7 Å². The highest BCUT2D eigenvalue weighted by Crippen LogP contribution is 2.31. The number of hydrogen-bond acceptors (Lipinski definition) is 4. The summed E-state index contributed by atoms with van der Waals surface area (Å²) in [5.74, 6) is -3.00. The first-order valence-corrected chi connectivity index (χ1v) is 5.48. The minimum absolute atomic E-state index is 0.0710. The zero-order chi connectivity index (χ0) is 14.2. The standard InChI is InChI=1S/C12H11F2NO4/c1-6(16)12(11(17)18)5-10(15-19-12)7-2-8(13)4-9(14)3-7/h2-4,6,16H,5H2,1H3,(H,17,18)/t6?,12-/m0/s1. The molecule has 0 saturated carbocycles. The highest BCUT2D eigenvalue weighted by Gasteiger charge is 2.51. The molecule has 0 amide bonds. The van der Waals surface area contributed by atoms with Crippen molar-refractivity contribution in [1.82, 2.24) is 0 Å². The fourth-order valence-electron chi connectivity index (χ4n) is 1.84. The summed E-state index contributed by atoms with van der Waals surface area (Å²) in [5, 5.41) is 22.1. The largest absolute Gasteiger partial charge is 0.478 e.